The number of aliphatic hydroxyl groups is 1. The summed E-state index contributed by atoms with van der Waals surface area (Å²) in [5.74, 6) is -2.65. The van der Waals surface area contributed by atoms with Gasteiger partial charge in [0.15, 0.2) is 17.1 Å². The molecule has 0 aromatic carbocycles. The average Bonchev–Trinajstić information content (AvgIpc) is 3.21. The molecular weight excluding hydrogens is 350 g/mol. The highest BCUT2D eigenvalue weighted by molar-refractivity contribution is 5.87. The molecule has 5 N–H and O–H groups in total. The van der Waals surface area contributed by atoms with Crippen molar-refractivity contribution in [3.05, 3.63) is 24.5 Å². The van der Waals surface area contributed by atoms with Crippen LogP contribution in [0.15, 0.2) is 24.5 Å². The fourth-order valence-corrected chi connectivity index (χ4v) is 3.11. The number of fused-ring (bicyclic) bond motifs is 2. The summed E-state index contributed by atoms with van der Waals surface area (Å²) in [5, 5.41) is 28.9. The zero-order valence-electron chi connectivity index (χ0n) is 13.0. The second-order valence-corrected chi connectivity index (χ2v) is 5.93. The molecule has 0 bridgehead atoms. The van der Waals surface area contributed by atoms with Crippen molar-refractivity contribution in [3.63, 3.8) is 0 Å². The molecule has 2 aromatic heterocycles. The Kier molecular flexibility index (Phi) is 3.35. The number of nitrogens with two attached hydrogens (primary N) is 1. The number of nitrogen functional groups attached to an aromatic ring is 1. The van der Waals surface area contributed by atoms with Crippen LogP contribution in [-0.4, -0.2) is 64.6 Å². The van der Waals surface area contributed by atoms with Crippen molar-refractivity contribution >= 4 is 28.9 Å². The maximum Gasteiger partial charge on any atom is 0.340 e. The summed E-state index contributed by atoms with van der Waals surface area (Å²) >= 11 is 0. The Morgan fingerprint density at radius 1 is 1.31 bits per heavy atom. The SMILES string of the molecule is Nc1ncnc2c1ncn2C1OC2=C[C@](CC(=O)O)(C(=O)O)O[C@H]2[C@H]1O. The van der Waals surface area contributed by atoms with Crippen molar-refractivity contribution in [2.45, 2.75) is 30.5 Å². The van der Waals surface area contributed by atoms with Gasteiger partial charge in [0.05, 0.1) is 6.42 Å². The number of carbonyl (C=O) groups is 2. The molecule has 12 nitrogen and oxygen atoms in total. The first-order valence-corrected chi connectivity index (χ1v) is 7.46. The number of hydrogen-bond acceptors (Lipinski definition) is 9. The molecule has 26 heavy (non-hydrogen) atoms. The van der Waals surface area contributed by atoms with Crippen LogP contribution in [0, 0.1) is 0 Å². The van der Waals surface area contributed by atoms with Gasteiger partial charge in [0.1, 0.15) is 36.1 Å². The van der Waals surface area contributed by atoms with Gasteiger partial charge in [-0.1, -0.05) is 0 Å². The molecule has 136 valence electrons. The van der Waals surface area contributed by atoms with Gasteiger partial charge in [0, 0.05) is 0 Å². The van der Waals surface area contributed by atoms with Crippen LogP contribution in [0.1, 0.15) is 12.6 Å². The summed E-state index contributed by atoms with van der Waals surface area (Å²) in [4.78, 5) is 34.4. The van der Waals surface area contributed by atoms with Gasteiger partial charge < -0.3 is 30.5 Å². The van der Waals surface area contributed by atoms with Gasteiger partial charge in [0.25, 0.3) is 0 Å². The number of rotatable bonds is 4. The van der Waals surface area contributed by atoms with Crippen LogP contribution in [0.3, 0.4) is 0 Å². The predicted molar refractivity (Wildman–Crippen MR) is 81.4 cm³/mol. The number of anilines is 1. The second kappa shape index (κ2) is 5.37. The van der Waals surface area contributed by atoms with Gasteiger partial charge in [-0.25, -0.2) is 19.7 Å². The molecule has 0 spiro atoms. The van der Waals surface area contributed by atoms with E-state index in [2.05, 4.69) is 15.0 Å². The van der Waals surface area contributed by atoms with Gasteiger partial charge in [0.2, 0.25) is 6.23 Å². The highest BCUT2D eigenvalue weighted by atomic mass is 16.6. The number of ether oxygens (including phenoxy) is 2. The van der Waals surface area contributed by atoms with E-state index in [0.29, 0.717) is 11.2 Å². The molecule has 0 radical (unpaired) electrons. The smallest absolute Gasteiger partial charge is 0.340 e. The molecule has 1 unspecified atom stereocenters. The summed E-state index contributed by atoms with van der Waals surface area (Å²) in [6.45, 7) is 0. The number of carboxylic acids is 2. The van der Waals surface area contributed by atoms with Crippen molar-refractivity contribution in [1.29, 1.82) is 0 Å². The molecule has 1 saturated heterocycles. The molecule has 0 aliphatic carbocycles. The molecule has 2 aliphatic heterocycles. The monoisotopic (exact) mass is 363 g/mol. The maximum atomic E-state index is 11.5. The van der Waals surface area contributed by atoms with E-state index in [1.54, 1.807) is 0 Å². The molecule has 0 amide bonds. The number of aliphatic carboxylic acids is 2. The number of aromatic nitrogens is 4. The van der Waals surface area contributed by atoms with Crippen LogP contribution in [0.2, 0.25) is 0 Å². The fraction of sp³-hybridized carbons (Fsp3) is 0.357. The Morgan fingerprint density at radius 2 is 2.08 bits per heavy atom. The Bertz CT molecular complexity index is 956. The van der Waals surface area contributed by atoms with E-state index in [0.717, 1.165) is 6.08 Å². The van der Waals surface area contributed by atoms with Crippen LogP contribution in [-0.2, 0) is 19.1 Å². The van der Waals surface area contributed by atoms with Gasteiger partial charge in [-0.05, 0) is 6.08 Å². The van der Waals surface area contributed by atoms with E-state index in [9.17, 15) is 19.8 Å². The first-order valence-electron chi connectivity index (χ1n) is 7.46. The Hall–Kier alpha value is -3.25. The second-order valence-electron chi connectivity index (χ2n) is 5.93. The lowest BCUT2D eigenvalue weighted by Gasteiger charge is -2.24. The van der Waals surface area contributed by atoms with E-state index in [-0.39, 0.29) is 11.6 Å². The lowest BCUT2D eigenvalue weighted by atomic mass is 10.0. The molecule has 1 fully saturated rings. The van der Waals surface area contributed by atoms with Crippen molar-refractivity contribution in [2.24, 2.45) is 0 Å². The number of carboxylic acid groups (broad SMARTS) is 2. The molecule has 2 aromatic rings. The van der Waals surface area contributed by atoms with Crippen molar-refractivity contribution in [3.8, 4) is 0 Å². The highest BCUT2D eigenvalue weighted by Crippen LogP contribution is 2.44. The molecule has 12 heteroatoms. The molecule has 4 atom stereocenters. The lowest BCUT2D eigenvalue weighted by Crippen LogP contribution is -2.43. The Morgan fingerprint density at radius 3 is 2.73 bits per heavy atom. The molecule has 0 saturated carbocycles. The minimum Gasteiger partial charge on any atom is -0.481 e. The van der Waals surface area contributed by atoms with E-state index in [1.165, 1.54) is 17.2 Å². The topological polar surface area (TPSA) is 183 Å². The van der Waals surface area contributed by atoms with Crippen LogP contribution >= 0.6 is 0 Å². The molecule has 2 aliphatic rings. The van der Waals surface area contributed by atoms with Crippen molar-refractivity contribution in [2.75, 3.05) is 5.73 Å². The normalized spacial score (nSPS) is 30.0. The number of nitrogens with zero attached hydrogens (tertiary/aromatic N) is 4. The average molecular weight is 363 g/mol. The predicted octanol–water partition coefficient (Wildman–Crippen LogP) is -1.12. The minimum absolute atomic E-state index is 0.0371. The third-order valence-electron chi connectivity index (χ3n) is 4.29. The number of aliphatic hydroxyl groups excluding tert-OH is 1. The quantitative estimate of drug-likeness (QED) is 0.516. The largest absolute Gasteiger partial charge is 0.481 e. The summed E-state index contributed by atoms with van der Waals surface area (Å²) in [7, 11) is 0. The van der Waals surface area contributed by atoms with Gasteiger partial charge in [-0.3, -0.25) is 9.36 Å². The molecular formula is C14H13N5O7. The van der Waals surface area contributed by atoms with Gasteiger partial charge >= 0.3 is 11.9 Å². The van der Waals surface area contributed by atoms with E-state index < -0.39 is 42.4 Å². The van der Waals surface area contributed by atoms with E-state index in [4.69, 9.17) is 20.3 Å². The fourth-order valence-electron chi connectivity index (χ4n) is 3.11. The zero-order valence-corrected chi connectivity index (χ0v) is 13.0. The molecule has 4 rings (SSSR count). The molecule has 4 heterocycles. The lowest BCUT2D eigenvalue weighted by molar-refractivity contribution is -0.171. The summed E-state index contributed by atoms with van der Waals surface area (Å²) < 4.78 is 12.4. The van der Waals surface area contributed by atoms with Crippen LogP contribution < -0.4 is 5.73 Å². The third-order valence-corrected chi connectivity index (χ3v) is 4.29. The highest BCUT2D eigenvalue weighted by Gasteiger charge is 2.56. The minimum atomic E-state index is -2.10. The summed E-state index contributed by atoms with van der Waals surface area (Å²) in [6.07, 6.45) is -0.594. The van der Waals surface area contributed by atoms with Crippen LogP contribution in [0.25, 0.3) is 11.2 Å². The summed E-state index contributed by atoms with van der Waals surface area (Å²) in [6, 6.07) is 0. The van der Waals surface area contributed by atoms with Gasteiger partial charge in [-0.2, -0.15) is 0 Å². The number of imidazole rings is 1. The third kappa shape index (κ3) is 2.19. The maximum absolute atomic E-state index is 11.5. The van der Waals surface area contributed by atoms with Crippen molar-refractivity contribution in [1.82, 2.24) is 19.5 Å². The summed E-state index contributed by atoms with van der Waals surface area (Å²) in [5.41, 5.74) is 4.26. The number of hydrogen-bond donors (Lipinski definition) is 4. The van der Waals surface area contributed by atoms with Crippen molar-refractivity contribution < 1.29 is 34.4 Å². The zero-order chi connectivity index (χ0) is 18.6. The van der Waals surface area contributed by atoms with Crippen LogP contribution in [0.5, 0.6) is 0 Å². The van der Waals surface area contributed by atoms with E-state index in [1.807, 2.05) is 0 Å². The Labute approximate surface area is 144 Å². The van der Waals surface area contributed by atoms with E-state index >= 15 is 0 Å². The Balaban J connectivity index is 1.70. The van der Waals surface area contributed by atoms with Crippen LogP contribution in [0.4, 0.5) is 5.82 Å². The first-order chi connectivity index (χ1) is 12.3. The van der Waals surface area contributed by atoms with Gasteiger partial charge in [-0.15, -0.1) is 0 Å². The standard InChI is InChI=1S/C14H13N5O7/c15-10-7-11(17-3-16-10)19(4-18-7)12-8(22)9-5(25-12)1-14(26-9,13(23)24)2-6(20)21/h1,3-4,8-9,12,22H,2H2,(H,20,21)(H,23,24)(H2,15,16,17)/t8-,9-,12?,14+/m1/s1. The first kappa shape index (κ1) is 16.2.